The second-order valence-corrected chi connectivity index (χ2v) is 9.78. The zero-order valence-electron chi connectivity index (χ0n) is 15.4. The van der Waals surface area contributed by atoms with Gasteiger partial charge in [-0.2, -0.15) is 4.31 Å². The van der Waals surface area contributed by atoms with Gasteiger partial charge in [-0.15, -0.1) is 0 Å². The first-order valence-electron chi connectivity index (χ1n) is 9.68. The van der Waals surface area contributed by atoms with E-state index in [0.717, 1.165) is 36.2 Å². The Balaban J connectivity index is 1.47. The van der Waals surface area contributed by atoms with Crippen LogP contribution in [0, 0.1) is 0 Å². The van der Waals surface area contributed by atoms with Crippen LogP contribution in [0.25, 0.3) is 0 Å². The first-order chi connectivity index (χ1) is 12.9. The van der Waals surface area contributed by atoms with Gasteiger partial charge < -0.3 is 14.4 Å². The number of amides is 1. The van der Waals surface area contributed by atoms with Crippen LogP contribution >= 0.6 is 0 Å². The lowest BCUT2D eigenvalue weighted by Gasteiger charge is -2.37. The Morgan fingerprint density at radius 1 is 1.11 bits per heavy atom. The molecule has 27 heavy (non-hydrogen) atoms. The van der Waals surface area contributed by atoms with Crippen LogP contribution in [0.1, 0.15) is 43.2 Å². The molecule has 2 fully saturated rings. The molecule has 2 saturated heterocycles. The standard InChI is InChI=1S/C19H24N2O5S/c1-13-16-12-15(11-14-3-2-6-21(17(14)16)18(13)22)27(23,24)20-7-4-19(5-8-20)25-9-10-26-19/h11-13H,2-10H2,1H3/t13-/m1/s1. The molecule has 0 N–H and O–H groups in total. The minimum atomic E-state index is -3.60. The van der Waals surface area contributed by atoms with E-state index in [1.165, 1.54) is 4.31 Å². The number of nitrogens with zero attached hydrogens (tertiary/aromatic N) is 2. The van der Waals surface area contributed by atoms with Gasteiger partial charge in [0.15, 0.2) is 5.79 Å². The summed E-state index contributed by atoms with van der Waals surface area (Å²) in [5.74, 6) is -0.801. The van der Waals surface area contributed by atoms with Gasteiger partial charge in [0.1, 0.15) is 0 Å². The lowest BCUT2D eigenvalue weighted by molar-refractivity contribution is -0.179. The number of anilines is 1. The Hall–Kier alpha value is -1.48. The molecule has 0 radical (unpaired) electrons. The zero-order chi connectivity index (χ0) is 18.8. The third kappa shape index (κ3) is 2.57. The van der Waals surface area contributed by atoms with Crippen LogP contribution in [0.15, 0.2) is 17.0 Å². The average molecular weight is 392 g/mol. The molecule has 1 spiro atoms. The van der Waals surface area contributed by atoms with Gasteiger partial charge in [-0.3, -0.25) is 4.79 Å². The minimum Gasteiger partial charge on any atom is -0.347 e. The predicted octanol–water partition coefficient (Wildman–Crippen LogP) is 1.61. The van der Waals surface area contributed by atoms with Crippen LogP contribution in [-0.2, 0) is 30.7 Å². The predicted molar refractivity (Wildman–Crippen MR) is 98.2 cm³/mol. The smallest absolute Gasteiger partial charge is 0.243 e. The lowest BCUT2D eigenvalue weighted by atomic mass is 9.97. The number of piperidine rings is 1. The fourth-order valence-electron chi connectivity index (χ4n) is 4.82. The summed E-state index contributed by atoms with van der Waals surface area (Å²) in [6.45, 7) is 4.51. The molecule has 5 rings (SSSR count). The Bertz CT molecular complexity index is 897. The van der Waals surface area contributed by atoms with Crippen LogP contribution in [0.4, 0.5) is 5.69 Å². The van der Waals surface area contributed by atoms with Gasteiger partial charge in [0.2, 0.25) is 15.9 Å². The van der Waals surface area contributed by atoms with Crippen molar-refractivity contribution in [1.29, 1.82) is 0 Å². The largest absolute Gasteiger partial charge is 0.347 e. The molecule has 0 bridgehead atoms. The molecule has 0 aromatic heterocycles. The lowest BCUT2D eigenvalue weighted by Crippen LogP contribution is -2.47. The first-order valence-corrected chi connectivity index (χ1v) is 11.1. The fourth-order valence-corrected chi connectivity index (χ4v) is 6.34. The summed E-state index contributed by atoms with van der Waals surface area (Å²) in [7, 11) is -3.60. The number of carbonyl (C=O) groups excluding carboxylic acids is 1. The van der Waals surface area contributed by atoms with Gasteiger partial charge in [0, 0.05) is 32.5 Å². The van der Waals surface area contributed by atoms with E-state index in [2.05, 4.69) is 0 Å². The number of ether oxygens (including phenoxy) is 2. The van der Waals surface area contributed by atoms with Gasteiger partial charge in [0.25, 0.3) is 0 Å². The Morgan fingerprint density at radius 2 is 1.81 bits per heavy atom. The molecule has 1 aromatic carbocycles. The van der Waals surface area contributed by atoms with E-state index in [9.17, 15) is 13.2 Å². The van der Waals surface area contributed by atoms with Gasteiger partial charge in [-0.05, 0) is 43.0 Å². The molecular formula is C19H24N2O5S. The average Bonchev–Trinajstić information content (AvgIpc) is 3.22. The normalized spacial score (nSPS) is 27.4. The van der Waals surface area contributed by atoms with Crippen LogP contribution in [-0.4, -0.2) is 57.3 Å². The van der Waals surface area contributed by atoms with Gasteiger partial charge >= 0.3 is 0 Å². The summed E-state index contributed by atoms with van der Waals surface area (Å²) in [6.07, 6.45) is 2.78. The van der Waals surface area contributed by atoms with E-state index in [0.29, 0.717) is 44.0 Å². The van der Waals surface area contributed by atoms with Crippen LogP contribution in [0.5, 0.6) is 0 Å². The third-order valence-electron chi connectivity index (χ3n) is 6.33. The number of sulfonamides is 1. The topological polar surface area (TPSA) is 76.2 Å². The van der Waals surface area contributed by atoms with Crippen molar-refractivity contribution in [3.63, 3.8) is 0 Å². The molecule has 4 aliphatic heterocycles. The molecule has 4 aliphatic rings. The van der Waals surface area contributed by atoms with E-state index >= 15 is 0 Å². The fraction of sp³-hybridized carbons (Fsp3) is 0.632. The molecule has 0 saturated carbocycles. The van der Waals surface area contributed by atoms with E-state index in [1.807, 2.05) is 11.8 Å². The second-order valence-electron chi connectivity index (χ2n) is 7.85. The molecule has 146 valence electrons. The number of carbonyl (C=O) groups is 1. The van der Waals surface area contributed by atoms with E-state index in [-0.39, 0.29) is 11.8 Å². The Morgan fingerprint density at radius 3 is 2.52 bits per heavy atom. The second kappa shape index (κ2) is 6.01. The molecule has 0 unspecified atom stereocenters. The van der Waals surface area contributed by atoms with Gasteiger partial charge in [0.05, 0.1) is 29.7 Å². The highest BCUT2D eigenvalue weighted by Gasteiger charge is 2.44. The van der Waals surface area contributed by atoms with E-state index in [4.69, 9.17) is 9.47 Å². The summed E-state index contributed by atoms with van der Waals surface area (Å²) in [5.41, 5.74) is 2.78. The zero-order valence-corrected chi connectivity index (χ0v) is 16.3. The maximum absolute atomic E-state index is 13.3. The molecule has 0 aliphatic carbocycles. The number of rotatable bonds is 2. The number of hydrogen-bond acceptors (Lipinski definition) is 5. The summed E-state index contributed by atoms with van der Waals surface area (Å²) in [6, 6.07) is 3.49. The molecule has 1 atom stereocenters. The van der Waals surface area contributed by atoms with Crippen molar-refractivity contribution in [2.75, 3.05) is 37.7 Å². The van der Waals surface area contributed by atoms with Crippen molar-refractivity contribution < 1.29 is 22.7 Å². The Kier molecular flexibility index (Phi) is 3.92. The SMILES string of the molecule is C[C@H]1C(=O)N2CCCc3cc(S(=O)(=O)N4CCC5(CC4)OCCO5)cc1c32. The summed E-state index contributed by atoms with van der Waals surface area (Å²) < 4.78 is 39.5. The first kappa shape index (κ1) is 17.6. The van der Waals surface area contributed by atoms with Crippen molar-refractivity contribution in [2.45, 2.75) is 49.2 Å². The molecule has 8 heteroatoms. The highest BCUT2D eigenvalue weighted by atomic mass is 32.2. The van der Waals surface area contributed by atoms with Crippen molar-refractivity contribution >= 4 is 21.6 Å². The summed E-state index contributed by atoms with van der Waals surface area (Å²) in [5, 5.41) is 0. The quantitative estimate of drug-likeness (QED) is 0.764. The summed E-state index contributed by atoms with van der Waals surface area (Å²) in [4.78, 5) is 14.7. The molecule has 4 heterocycles. The van der Waals surface area contributed by atoms with Crippen molar-refractivity contribution in [1.82, 2.24) is 4.31 Å². The monoisotopic (exact) mass is 392 g/mol. The van der Waals surface area contributed by atoms with E-state index in [1.54, 1.807) is 12.1 Å². The number of benzene rings is 1. The van der Waals surface area contributed by atoms with Crippen LogP contribution < -0.4 is 4.90 Å². The molecule has 1 amide bonds. The van der Waals surface area contributed by atoms with Crippen LogP contribution in [0.3, 0.4) is 0 Å². The van der Waals surface area contributed by atoms with E-state index < -0.39 is 15.8 Å². The van der Waals surface area contributed by atoms with Crippen LogP contribution in [0.2, 0.25) is 0 Å². The minimum absolute atomic E-state index is 0.0796. The summed E-state index contributed by atoms with van der Waals surface area (Å²) >= 11 is 0. The molecule has 1 aromatic rings. The van der Waals surface area contributed by atoms with Crippen molar-refractivity contribution in [3.05, 3.63) is 23.3 Å². The van der Waals surface area contributed by atoms with Crippen molar-refractivity contribution in [3.8, 4) is 0 Å². The third-order valence-corrected chi connectivity index (χ3v) is 8.20. The van der Waals surface area contributed by atoms with Gasteiger partial charge in [-0.25, -0.2) is 8.42 Å². The maximum Gasteiger partial charge on any atom is 0.243 e. The van der Waals surface area contributed by atoms with Crippen molar-refractivity contribution in [2.24, 2.45) is 0 Å². The molecular weight excluding hydrogens is 368 g/mol. The maximum atomic E-state index is 13.3. The Labute approximate surface area is 159 Å². The number of hydrogen-bond donors (Lipinski definition) is 0. The van der Waals surface area contributed by atoms with Gasteiger partial charge in [-0.1, -0.05) is 0 Å². The highest BCUT2D eigenvalue weighted by molar-refractivity contribution is 7.89. The highest BCUT2D eigenvalue weighted by Crippen LogP contribution is 2.44. The molecule has 7 nitrogen and oxygen atoms in total. The number of aryl methyl sites for hydroxylation is 1.